The summed E-state index contributed by atoms with van der Waals surface area (Å²) in [5.74, 6) is -4.49. The lowest BCUT2D eigenvalue weighted by atomic mass is 10.1. The van der Waals surface area contributed by atoms with Crippen molar-refractivity contribution in [2.45, 2.75) is 58.6 Å². The minimum atomic E-state index is -1.58. The average molecular weight is 608 g/mol. The van der Waals surface area contributed by atoms with E-state index in [4.69, 9.17) is 4.74 Å². The van der Waals surface area contributed by atoms with Crippen LogP contribution in [0.4, 0.5) is 13.2 Å². The minimum Gasteiger partial charge on any atom is -0.460 e. The topological polar surface area (TPSA) is 116 Å². The van der Waals surface area contributed by atoms with Crippen molar-refractivity contribution in [3.8, 4) is 22.6 Å². The van der Waals surface area contributed by atoms with Gasteiger partial charge in [0.2, 0.25) is 0 Å². The lowest BCUT2D eigenvalue weighted by Crippen LogP contribution is -2.25. The first-order valence-electron chi connectivity index (χ1n) is 14.0. The van der Waals surface area contributed by atoms with Gasteiger partial charge in [0.15, 0.2) is 23.3 Å². The molecule has 9 nitrogen and oxygen atoms in total. The SMILES string of the molecule is CC(C)(C)OC(=O)CCCCCNC(=O)c1cnc(-c2cccc(Cn3nc(-c4cc(F)c(F)c(F)c4)ccc3=O)c2)nc1. The van der Waals surface area contributed by atoms with E-state index in [1.807, 2.05) is 20.8 Å². The van der Waals surface area contributed by atoms with Crippen LogP contribution >= 0.6 is 0 Å². The third-order valence-corrected chi connectivity index (χ3v) is 6.34. The highest BCUT2D eigenvalue weighted by Crippen LogP contribution is 2.22. The van der Waals surface area contributed by atoms with Crippen molar-refractivity contribution >= 4 is 11.9 Å². The van der Waals surface area contributed by atoms with Gasteiger partial charge in [0.05, 0.1) is 17.8 Å². The summed E-state index contributed by atoms with van der Waals surface area (Å²) < 4.78 is 47.2. The molecule has 0 bridgehead atoms. The van der Waals surface area contributed by atoms with Crippen molar-refractivity contribution in [2.75, 3.05) is 6.54 Å². The van der Waals surface area contributed by atoms with Gasteiger partial charge in [-0.05, 0) is 63.4 Å². The first-order valence-corrected chi connectivity index (χ1v) is 14.0. The van der Waals surface area contributed by atoms with Crippen LogP contribution in [0.2, 0.25) is 0 Å². The Labute approximate surface area is 252 Å². The highest BCUT2D eigenvalue weighted by atomic mass is 19.2. The van der Waals surface area contributed by atoms with Crippen LogP contribution in [0.25, 0.3) is 22.6 Å². The number of halogens is 3. The molecule has 0 radical (unpaired) electrons. The van der Waals surface area contributed by atoms with E-state index >= 15 is 0 Å². The normalized spacial score (nSPS) is 11.3. The second-order valence-electron chi connectivity index (χ2n) is 11.1. The van der Waals surface area contributed by atoms with Crippen LogP contribution in [0.5, 0.6) is 0 Å². The van der Waals surface area contributed by atoms with E-state index in [0.717, 1.165) is 23.2 Å². The summed E-state index contributed by atoms with van der Waals surface area (Å²) in [6, 6.07) is 11.2. The molecule has 44 heavy (non-hydrogen) atoms. The molecule has 1 amide bonds. The standard InChI is InChI=1S/C32H32F3N5O4/c1-32(2,3)44-28(42)10-5-4-6-13-36-31(43)23-17-37-30(38-18-23)21-9-7-8-20(14-21)19-40-27(41)12-11-26(39-40)22-15-24(33)29(35)25(34)16-22/h7-9,11-12,14-18H,4-6,10,13,19H2,1-3H3,(H,36,43). The van der Waals surface area contributed by atoms with Crippen molar-refractivity contribution in [3.63, 3.8) is 0 Å². The lowest BCUT2D eigenvalue weighted by molar-refractivity contribution is -0.154. The Morgan fingerprint density at radius 2 is 1.61 bits per heavy atom. The van der Waals surface area contributed by atoms with Gasteiger partial charge >= 0.3 is 5.97 Å². The Hall–Kier alpha value is -4.87. The molecule has 0 aliphatic carbocycles. The smallest absolute Gasteiger partial charge is 0.306 e. The fraction of sp³-hybridized carbons (Fsp3) is 0.312. The van der Waals surface area contributed by atoms with Crippen molar-refractivity contribution < 1.29 is 27.5 Å². The number of amides is 1. The third-order valence-electron chi connectivity index (χ3n) is 6.34. The Morgan fingerprint density at radius 1 is 0.909 bits per heavy atom. The molecule has 0 aliphatic rings. The van der Waals surface area contributed by atoms with Gasteiger partial charge in [-0.2, -0.15) is 5.10 Å². The molecule has 2 heterocycles. The van der Waals surface area contributed by atoms with Crippen LogP contribution < -0.4 is 10.9 Å². The quantitative estimate of drug-likeness (QED) is 0.137. The number of ether oxygens (including phenoxy) is 1. The van der Waals surface area contributed by atoms with Gasteiger partial charge in [0, 0.05) is 42.6 Å². The summed E-state index contributed by atoms with van der Waals surface area (Å²) in [6.07, 6.45) is 5.32. The highest BCUT2D eigenvalue weighted by molar-refractivity contribution is 5.93. The number of aromatic nitrogens is 4. The maximum Gasteiger partial charge on any atom is 0.306 e. The van der Waals surface area contributed by atoms with E-state index < -0.39 is 28.6 Å². The fourth-order valence-corrected chi connectivity index (χ4v) is 4.26. The van der Waals surface area contributed by atoms with Gasteiger partial charge in [-0.15, -0.1) is 0 Å². The monoisotopic (exact) mass is 607 g/mol. The zero-order valence-corrected chi connectivity index (χ0v) is 24.6. The van der Waals surface area contributed by atoms with Crippen LogP contribution in [0, 0.1) is 17.5 Å². The first kappa shape index (κ1) is 32.1. The van der Waals surface area contributed by atoms with E-state index in [1.165, 1.54) is 24.5 Å². The molecule has 0 atom stereocenters. The van der Waals surface area contributed by atoms with Crippen LogP contribution in [0.1, 0.15) is 62.4 Å². The second-order valence-corrected chi connectivity index (χ2v) is 11.1. The molecule has 12 heteroatoms. The lowest BCUT2D eigenvalue weighted by Gasteiger charge is -2.19. The molecule has 2 aromatic carbocycles. The number of carbonyl (C=O) groups excluding carboxylic acids is 2. The summed E-state index contributed by atoms with van der Waals surface area (Å²) in [5.41, 5.74) is 0.721. The molecule has 2 aromatic heterocycles. The predicted octanol–water partition coefficient (Wildman–Crippen LogP) is 5.46. The van der Waals surface area contributed by atoms with Gasteiger partial charge in [-0.25, -0.2) is 27.8 Å². The zero-order valence-electron chi connectivity index (χ0n) is 24.6. The molecule has 1 N–H and O–H groups in total. The Morgan fingerprint density at radius 3 is 2.30 bits per heavy atom. The maximum atomic E-state index is 13.7. The predicted molar refractivity (Wildman–Crippen MR) is 157 cm³/mol. The van der Waals surface area contributed by atoms with Gasteiger partial charge in [0.1, 0.15) is 5.60 Å². The van der Waals surface area contributed by atoms with Crippen molar-refractivity contribution in [2.24, 2.45) is 0 Å². The van der Waals surface area contributed by atoms with Crippen molar-refractivity contribution in [3.05, 3.63) is 99.9 Å². The summed E-state index contributed by atoms with van der Waals surface area (Å²) in [4.78, 5) is 45.3. The number of benzene rings is 2. The Balaban J connectivity index is 1.34. The van der Waals surface area contributed by atoms with Gasteiger partial charge in [0.25, 0.3) is 11.5 Å². The average Bonchev–Trinajstić information content (AvgIpc) is 2.97. The third kappa shape index (κ3) is 8.82. The molecule has 4 rings (SSSR count). The van der Waals surface area contributed by atoms with E-state index in [9.17, 15) is 27.6 Å². The number of hydrogen-bond donors (Lipinski definition) is 1. The number of unbranched alkanes of at least 4 members (excludes halogenated alkanes) is 2. The van der Waals surface area contributed by atoms with Crippen molar-refractivity contribution in [1.82, 2.24) is 25.1 Å². The molecule has 0 aliphatic heterocycles. The maximum absolute atomic E-state index is 13.7. The molecule has 230 valence electrons. The molecule has 0 fully saturated rings. The van der Waals surface area contributed by atoms with Gasteiger partial charge in [-0.3, -0.25) is 14.4 Å². The number of carbonyl (C=O) groups is 2. The first-order chi connectivity index (χ1) is 20.9. The van der Waals surface area contributed by atoms with Crippen molar-refractivity contribution in [1.29, 1.82) is 0 Å². The summed E-state index contributed by atoms with van der Waals surface area (Å²) in [5, 5.41) is 7.01. The fourth-order valence-electron chi connectivity index (χ4n) is 4.26. The van der Waals surface area contributed by atoms with Gasteiger partial charge in [-0.1, -0.05) is 24.6 Å². The van der Waals surface area contributed by atoms with Crippen LogP contribution in [0.3, 0.4) is 0 Å². The van der Waals surface area contributed by atoms with Crippen LogP contribution in [-0.2, 0) is 16.1 Å². The number of nitrogens with one attached hydrogen (secondary N) is 1. The Kier molecular flexibility index (Phi) is 10.2. The largest absolute Gasteiger partial charge is 0.460 e. The molecule has 0 saturated carbocycles. The van der Waals surface area contributed by atoms with E-state index in [1.54, 1.807) is 24.3 Å². The van der Waals surface area contributed by atoms with E-state index in [0.29, 0.717) is 48.3 Å². The number of nitrogens with zero attached hydrogens (tertiary/aromatic N) is 4. The molecular formula is C32H32F3N5O4. The summed E-state index contributed by atoms with van der Waals surface area (Å²) >= 11 is 0. The van der Waals surface area contributed by atoms with Gasteiger partial charge < -0.3 is 10.1 Å². The molecule has 0 unspecified atom stereocenters. The number of hydrogen-bond acceptors (Lipinski definition) is 7. The van der Waals surface area contributed by atoms with E-state index in [-0.39, 0.29) is 29.7 Å². The Bertz CT molecular complexity index is 1680. The summed E-state index contributed by atoms with van der Waals surface area (Å²) in [6.45, 7) is 5.95. The number of rotatable bonds is 11. The zero-order chi connectivity index (χ0) is 31.9. The van der Waals surface area contributed by atoms with E-state index in [2.05, 4.69) is 20.4 Å². The van der Waals surface area contributed by atoms with Crippen LogP contribution in [0.15, 0.2) is 65.7 Å². The van der Waals surface area contributed by atoms with Crippen LogP contribution in [-0.4, -0.2) is 43.8 Å². The minimum absolute atomic E-state index is 0.0142. The molecular weight excluding hydrogens is 575 g/mol. The second kappa shape index (κ2) is 14.1. The molecule has 0 spiro atoms. The molecule has 4 aromatic rings. The molecule has 0 saturated heterocycles. The summed E-state index contributed by atoms with van der Waals surface area (Å²) in [7, 11) is 0. The number of esters is 1. The highest BCUT2D eigenvalue weighted by Gasteiger charge is 2.16.